The van der Waals surface area contributed by atoms with Crippen LogP contribution in [-0.4, -0.2) is 30.1 Å². The quantitative estimate of drug-likeness (QED) is 0.776. The zero-order valence-corrected chi connectivity index (χ0v) is 13.1. The van der Waals surface area contributed by atoms with Crippen LogP contribution in [0.2, 0.25) is 0 Å². The fraction of sp³-hybridized carbons (Fsp3) is 0.211. The van der Waals surface area contributed by atoms with Gasteiger partial charge in [-0.2, -0.15) is 0 Å². The summed E-state index contributed by atoms with van der Waals surface area (Å²) in [5, 5.41) is 4.01. The van der Waals surface area contributed by atoms with Crippen molar-refractivity contribution in [1.29, 1.82) is 0 Å². The third kappa shape index (κ3) is 2.93. The first kappa shape index (κ1) is 14.6. The number of H-pyrrole nitrogens is 1. The monoisotopic (exact) mass is 322 g/mol. The van der Waals surface area contributed by atoms with Crippen LogP contribution in [0.4, 0.5) is 0 Å². The van der Waals surface area contributed by atoms with Crippen LogP contribution in [-0.2, 0) is 11.2 Å². The fourth-order valence-corrected chi connectivity index (χ4v) is 2.90. The molecule has 1 aromatic heterocycles. The molecule has 3 aromatic rings. The van der Waals surface area contributed by atoms with Crippen LogP contribution >= 0.6 is 0 Å². The van der Waals surface area contributed by atoms with Gasteiger partial charge < -0.3 is 19.8 Å². The largest absolute Gasteiger partial charge is 0.486 e. The lowest BCUT2D eigenvalue weighted by atomic mass is 10.1. The normalized spacial score (nSPS) is 16.1. The van der Waals surface area contributed by atoms with Crippen molar-refractivity contribution in [1.82, 2.24) is 10.3 Å². The van der Waals surface area contributed by atoms with Crippen LogP contribution in [0.3, 0.4) is 0 Å². The standard InChI is InChI=1S/C19H18N2O3/c22-19(9-13-10-20-16-6-2-1-5-15(13)16)21-11-14-12-23-17-7-3-4-8-18(17)24-14/h1-8,10,14,20H,9,11-12H2,(H,21,22)/t14-/m1/s1. The molecule has 1 atom stereocenters. The predicted octanol–water partition coefficient (Wildman–Crippen LogP) is 2.67. The molecule has 24 heavy (non-hydrogen) atoms. The van der Waals surface area contributed by atoms with Crippen LogP contribution in [0.1, 0.15) is 5.56 Å². The van der Waals surface area contributed by atoms with Crippen molar-refractivity contribution in [2.75, 3.05) is 13.2 Å². The fourth-order valence-electron chi connectivity index (χ4n) is 2.90. The van der Waals surface area contributed by atoms with Gasteiger partial charge >= 0.3 is 0 Å². The lowest BCUT2D eigenvalue weighted by molar-refractivity contribution is -0.120. The lowest BCUT2D eigenvalue weighted by Crippen LogP contribution is -2.41. The summed E-state index contributed by atoms with van der Waals surface area (Å²) in [6.07, 6.45) is 2.06. The molecule has 0 spiro atoms. The average Bonchev–Trinajstić information content (AvgIpc) is 3.03. The van der Waals surface area contributed by atoms with Gasteiger partial charge in [0.05, 0.1) is 13.0 Å². The summed E-state index contributed by atoms with van der Waals surface area (Å²) in [7, 11) is 0. The minimum atomic E-state index is -0.174. The molecular weight excluding hydrogens is 304 g/mol. The number of para-hydroxylation sites is 3. The van der Waals surface area contributed by atoms with E-state index in [-0.39, 0.29) is 12.0 Å². The Balaban J connectivity index is 1.34. The molecule has 2 N–H and O–H groups in total. The van der Waals surface area contributed by atoms with Gasteiger partial charge in [0.2, 0.25) is 5.91 Å². The van der Waals surface area contributed by atoms with Crippen LogP contribution in [0.15, 0.2) is 54.7 Å². The van der Waals surface area contributed by atoms with Crippen molar-refractivity contribution in [2.45, 2.75) is 12.5 Å². The second kappa shape index (κ2) is 6.28. The van der Waals surface area contributed by atoms with Gasteiger partial charge in [-0.1, -0.05) is 30.3 Å². The summed E-state index contributed by atoms with van der Waals surface area (Å²) < 4.78 is 11.5. The molecule has 2 aromatic carbocycles. The van der Waals surface area contributed by atoms with E-state index in [0.717, 1.165) is 28.0 Å². The van der Waals surface area contributed by atoms with Gasteiger partial charge in [0, 0.05) is 17.1 Å². The van der Waals surface area contributed by atoms with Crippen LogP contribution in [0.5, 0.6) is 11.5 Å². The van der Waals surface area contributed by atoms with Gasteiger partial charge in [-0.05, 0) is 23.8 Å². The number of rotatable bonds is 4. The Morgan fingerprint density at radius 2 is 1.92 bits per heavy atom. The lowest BCUT2D eigenvalue weighted by Gasteiger charge is -2.26. The second-order valence-corrected chi connectivity index (χ2v) is 5.84. The van der Waals surface area contributed by atoms with Crippen LogP contribution < -0.4 is 14.8 Å². The molecule has 4 rings (SSSR count). The van der Waals surface area contributed by atoms with E-state index in [1.54, 1.807) is 0 Å². The molecular formula is C19H18N2O3. The first-order valence-electron chi connectivity index (χ1n) is 8.00. The predicted molar refractivity (Wildman–Crippen MR) is 91.4 cm³/mol. The number of fused-ring (bicyclic) bond motifs is 2. The first-order valence-corrected chi connectivity index (χ1v) is 8.00. The Kier molecular flexibility index (Phi) is 3.83. The highest BCUT2D eigenvalue weighted by Crippen LogP contribution is 2.30. The van der Waals surface area contributed by atoms with E-state index in [2.05, 4.69) is 10.3 Å². The maximum atomic E-state index is 12.2. The zero-order chi connectivity index (χ0) is 16.4. The van der Waals surface area contributed by atoms with E-state index in [9.17, 15) is 4.79 Å². The molecule has 0 bridgehead atoms. The number of carbonyl (C=O) groups is 1. The van der Waals surface area contributed by atoms with Crippen LogP contribution in [0, 0.1) is 0 Å². The van der Waals surface area contributed by atoms with Gasteiger partial charge in [-0.15, -0.1) is 0 Å². The van der Waals surface area contributed by atoms with E-state index >= 15 is 0 Å². The molecule has 122 valence electrons. The number of aromatic amines is 1. The molecule has 1 aliphatic rings. The maximum absolute atomic E-state index is 12.2. The van der Waals surface area contributed by atoms with Crippen molar-refractivity contribution in [3.8, 4) is 11.5 Å². The summed E-state index contributed by atoms with van der Waals surface area (Å²) >= 11 is 0. The third-order valence-electron chi connectivity index (χ3n) is 4.12. The second-order valence-electron chi connectivity index (χ2n) is 5.84. The van der Waals surface area contributed by atoms with Gasteiger partial charge in [-0.25, -0.2) is 0 Å². The Morgan fingerprint density at radius 3 is 2.83 bits per heavy atom. The van der Waals surface area contributed by atoms with Crippen molar-refractivity contribution < 1.29 is 14.3 Å². The molecule has 5 heteroatoms. The summed E-state index contributed by atoms with van der Waals surface area (Å²) in [6, 6.07) is 15.5. The molecule has 0 radical (unpaired) electrons. The average molecular weight is 322 g/mol. The minimum Gasteiger partial charge on any atom is -0.486 e. The van der Waals surface area contributed by atoms with Crippen molar-refractivity contribution in [3.63, 3.8) is 0 Å². The Hall–Kier alpha value is -2.95. The number of amides is 1. The molecule has 1 aliphatic heterocycles. The number of aromatic nitrogens is 1. The van der Waals surface area contributed by atoms with Gasteiger partial charge in [0.1, 0.15) is 12.7 Å². The number of ether oxygens (including phenoxy) is 2. The SMILES string of the molecule is O=C(Cc1c[nH]c2ccccc12)NC[C@@H]1COc2ccccc2O1. The number of nitrogens with one attached hydrogen (secondary N) is 2. The smallest absolute Gasteiger partial charge is 0.224 e. The van der Waals surface area contributed by atoms with Gasteiger partial charge in [0.25, 0.3) is 0 Å². The van der Waals surface area contributed by atoms with E-state index in [4.69, 9.17) is 9.47 Å². The van der Waals surface area contributed by atoms with E-state index < -0.39 is 0 Å². The van der Waals surface area contributed by atoms with Gasteiger partial charge in [0.15, 0.2) is 11.5 Å². The maximum Gasteiger partial charge on any atom is 0.224 e. The molecule has 0 fully saturated rings. The number of hydrogen-bond donors (Lipinski definition) is 2. The molecule has 5 nitrogen and oxygen atoms in total. The van der Waals surface area contributed by atoms with Gasteiger partial charge in [-0.3, -0.25) is 4.79 Å². The molecule has 0 saturated carbocycles. The third-order valence-corrected chi connectivity index (χ3v) is 4.12. The highest BCUT2D eigenvalue weighted by Gasteiger charge is 2.21. The summed E-state index contributed by atoms with van der Waals surface area (Å²) in [5.74, 6) is 1.45. The first-order chi connectivity index (χ1) is 11.8. The van der Waals surface area contributed by atoms with Crippen molar-refractivity contribution >= 4 is 16.8 Å². The van der Waals surface area contributed by atoms with Crippen molar-refractivity contribution in [2.24, 2.45) is 0 Å². The summed E-state index contributed by atoms with van der Waals surface area (Å²) in [5.41, 5.74) is 2.04. The molecule has 0 aliphatic carbocycles. The molecule has 0 unspecified atom stereocenters. The van der Waals surface area contributed by atoms with Crippen LogP contribution in [0.25, 0.3) is 10.9 Å². The zero-order valence-electron chi connectivity index (χ0n) is 13.1. The Labute approximate surface area is 139 Å². The Morgan fingerprint density at radius 1 is 1.12 bits per heavy atom. The number of hydrogen-bond acceptors (Lipinski definition) is 3. The van der Waals surface area contributed by atoms with Crippen molar-refractivity contribution in [3.05, 3.63) is 60.3 Å². The minimum absolute atomic E-state index is 0.0257. The number of benzene rings is 2. The number of carbonyl (C=O) groups excluding carboxylic acids is 1. The Bertz CT molecular complexity index is 872. The highest BCUT2D eigenvalue weighted by atomic mass is 16.6. The van der Waals surface area contributed by atoms with E-state index in [1.807, 2.05) is 54.7 Å². The molecule has 2 heterocycles. The topological polar surface area (TPSA) is 63.4 Å². The molecule has 1 amide bonds. The summed E-state index contributed by atoms with van der Waals surface area (Å²) in [6.45, 7) is 0.861. The van der Waals surface area contributed by atoms with E-state index in [1.165, 1.54) is 0 Å². The summed E-state index contributed by atoms with van der Waals surface area (Å²) in [4.78, 5) is 15.4. The highest BCUT2D eigenvalue weighted by molar-refractivity contribution is 5.88. The van der Waals surface area contributed by atoms with E-state index in [0.29, 0.717) is 19.6 Å². The molecule has 0 saturated heterocycles.